The zero-order chi connectivity index (χ0) is 15.5. The van der Waals surface area contributed by atoms with Gasteiger partial charge in [0.2, 0.25) is 5.91 Å². The lowest BCUT2D eigenvalue weighted by molar-refractivity contribution is -0.143. The van der Waals surface area contributed by atoms with Gasteiger partial charge in [0.1, 0.15) is 0 Å². The summed E-state index contributed by atoms with van der Waals surface area (Å²) in [5, 5.41) is 1.91. The van der Waals surface area contributed by atoms with E-state index < -0.39 is 0 Å². The maximum absolute atomic E-state index is 12.7. The lowest BCUT2D eigenvalue weighted by Gasteiger charge is -2.37. The Morgan fingerprint density at radius 1 is 1.27 bits per heavy atom. The Kier molecular flexibility index (Phi) is 4.78. The molecule has 22 heavy (non-hydrogen) atoms. The first-order valence-electron chi connectivity index (χ1n) is 7.88. The van der Waals surface area contributed by atoms with Gasteiger partial charge in [-0.2, -0.15) is 0 Å². The van der Waals surface area contributed by atoms with Crippen molar-refractivity contribution in [3.8, 4) is 0 Å². The van der Waals surface area contributed by atoms with Gasteiger partial charge in [-0.25, -0.2) is 0 Å². The van der Waals surface area contributed by atoms with Crippen LogP contribution in [0.2, 0.25) is 0 Å². The number of amides is 2. The van der Waals surface area contributed by atoms with Gasteiger partial charge < -0.3 is 14.5 Å². The van der Waals surface area contributed by atoms with E-state index >= 15 is 0 Å². The third-order valence-corrected chi connectivity index (χ3v) is 5.20. The highest BCUT2D eigenvalue weighted by Gasteiger charge is 2.33. The van der Waals surface area contributed by atoms with Crippen LogP contribution in [0.15, 0.2) is 17.5 Å². The van der Waals surface area contributed by atoms with Crippen LogP contribution >= 0.6 is 11.3 Å². The van der Waals surface area contributed by atoms with E-state index in [1.807, 2.05) is 34.2 Å². The summed E-state index contributed by atoms with van der Waals surface area (Å²) in [6, 6.07) is 3.74. The zero-order valence-corrected chi connectivity index (χ0v) is 13.7. The molecule has 6 heteroatoms. The molecule has 3 rings (SSSR count). The number of hydrogen-bond acceptors (Lipinski definition) is 4. The molecule has 1 aromatic heterocycles. The number of nitrogens with zero attached hydrogens (tertiary/aromatic N) is 2. The Bertz CT molecular complexity index is 532. The first kappa shape index (κ1) is 15.5. The van der Waals surface area contributed by atoms with Gasteiger partial charge in [-0.3, -0.25) is 9.59 Å². The van der Waals surface area contributed by atoms with Crippen molar-refractivity contribution in [3.63, 3.8) is 0 Å². The lowest BCUT2D eigenvalue weighted by atomic mass is 9.96. The summed E-state index contributed by atoms with van der Waals surface area (Å²) < 4.78 is 5.50. The minimum Gasteiger partial charge on any atom is -0.375 e. The van der Waals surface area contributed by atoms with Crippen molar-refractivity contribution in [2.45, 2.75) is 25.9 Å². The van der Waals surface area contributed by atoms with Crippen LogP contribution in [0.5, 0.6) is 0 Å². The Labute approximate surface area is 134 Å². The smallest absolute Gasteiger partial charge is 0.263 e. The van der Waals surface area contributed by atoms with Gasteiger partial charge >= 0.3 is 0 Å². The van der Waals surface area contributed by atoms with Gasteiger partial charge in [0, 0.05) is 26.2 Å². The molecule has 2 amide bonds. The molecule has 120 valence electrons. The SMILES string of the molecule is CC1CN(C(=O)C2CCCN(C(=O)c3cccs3)C2)CCO1. The second-order valence-electron chi connectivity index (χ2n) is 6.03. The number of hydrogen-bond donors (Lipinski definition) is 0. The molecule has 0 aliphatic carbocycles. The Balaban J connectivity index is 1.62. The predicted molar refractivity (Wildman–Crippen MR) is 84.9 cm³/mol. The number of thiophene rings is 1. The van der Waals surface area contributed by atoms with Gasteiger partial charge in [-0.15, -0.1) is 11.3 Å². The number of ether oxygens (including phenoxy) is 1. The first-order valence-corrected chi connectivity index (χ1v) is 8.76. The van der Waals surface area contributed by atoms with E-state index in [0.29, 0.717) is 26.2 Å². The molecular weight excluding hydrogens is 300 g/mol. The molecule has 2 aliphatic rings. The average molecular weight is 322 g/mol. The highest BCUT2D eigenvalue weighted by atomic mass is 32.1. The molecule has 0 radical (unpaired) electrons. The average Bonchev–Trinajstić information content (AvgIpc) is 3.08. The fourth-order valence-corrected chi connectivity index (χ4v) is 3.89. The molecule has 2 aliphatic heterocycles. The molecule has 0 bridgehead atoms. The zero-order valence-electron chi connectivity index (χ0n) is 12.9. The third-order valence-electron chi connectivity index (χ3n) is 4.34. The second kappa shape index (κ2) is 6.79. The van der Waals surface area contributed by atoms with Crippen molar-refractivity contribution in [2.75, 3.05) is 32.8 Å². The number of rotatable bonds is 2. The molecule has 0 N–H and O–H groups in total. The molecule has 0 saturated carbocycles. The van der Waals surface area contributed by atoms with E-state index in [-0.39, 0.29) is 23.8 Å². The number of carbonyl (C=O) groups is 2. The van der Waals surface area contributed by atoms with Crippen LogP contribution in [0.1, 0.15) is 29.4 Å². The summed E-state index contributed by atoms with van der Waals surface area (Å²) in [6.07, 6.45) is 1.87. The van der Waals surface area contributed by atoms with E-state index in [4.69, 9.17) is 4.74 Å². The molecular formula is C16H22N2O3S. The number of carbonyl (C=O) groups excluding carboxylic acids is 2. The van der Waals surface area contributed by atoms with Gasteiger partial charge in [-0.1, -0.05) is 6.07 Å². The maximum Gasteiger partial charge on any atom is 0.263 e. The fourth-order valence-electron chi connectivity index (χ4n) is 3.20. The predicted octanol–water partition coefficient (Wildman–Crippen LogP) is 1.85. The van der Waals surface area contributed by atoms with Crippen molar-refractivity contribution >= 4 is 23.2 Å². The molecule has 3 heterocycles. The molecule has 2 fully saturated rings. The largest absolute Gasteiger partial charge is 0.375 e. The van der Waals surface area contributed by atoms with Crippen molar-refractivity contribution < 1.29 is 14.3 Å². The van der Waals surface area contributed by atoms with Crippen LogP contribution < -0.4 is 0 Å². The van der Waals surface area contributed by atoms with E-state index in [9.17, 15) is 9.59 Å². The van der Waals surface area contributed by atoms with E-state index in [1.165, 1.54) is 11.3 Å². The van der Waals surface area contributed by atoms with E-state index in [0.717, 1.165) is 24.3 Å². The summed E-state index contributed by atoms with van der Waals surface area (Å²) in [5.41, 5.74) is 0. The van der Waals surface area contributed by atoms with Crippen molar-refractivity contribution in [2.24, 2.45) is 5.92 Å². The minimum atomic E-state index is -0.0667. The Morgan fingerprint density at radius 2 is 2.14 bits per heavy atom. The summed E-state index contributed by atoms with van der Waals surface area (Å²) in [6.45, 7) is 5.22. The Hall–Kier alpha value is -1.40. The van der Waals surface area contributed by atoms with E-state index in [1.54, 1.807) is 0 Å². The number of piperidine rings is 1. The topological polar surface area (TPSA) is 49.9 Å². The maximum atomic E-state index is 12.7. The quantitative estimate of drug-likeness (QED) is 0.835. The standard InChI is InChI=1S/C16H22N2O3S/c1-12-10-18(7-8-21-12)15(19)13-4-2-6-17(11-13)16(20)14-5-3-9-22-14/h3,5,9,12-13H,2,4,6-8,10-11H2,1H3. The van der Waals surface area contributed by atoms with Crippen LogP contribution in [0.3, 0.4) is 0 Å². The third kappa shape index (κ3) is 3.33. The van der Waals surface area contributed by atoms with Crippen molar-refractivity contribution in [1.29, 1.82) is 0 Å². The first-order chi connectivity index (χ1) is 10.6. The highest BCUT2D eigenvalue weighted by molar-refractivity contribution is 7.12. The monoisotopic (exact) mass is 322 g/mol. The normalized spacial score (nSPS) is 26.0. The van der Waals surface area contributed by atoms with Crippen LogP contribution in [-0.2, 0) is 9.53 Å². The van der Waals surface area contributed by atoms with Crippen LogP contribution in [0.25, 0.3) is 0 Å². The summed E-state index contributed by atoms with van der Waals surface area (Å²) in [7, 11) is 0. The van der Waals surface area contributed by atoms with Gasteiger partial charge in [0.15, 0.2) is 0 Å². The van der Waals surface area contributed by atoms with Gasteiger partial charge in [-0.05, 0) is 31.2 Å². The fraction of sp³-hybridized carbons (Fsp3) is 0.625. The summed E-state index contributed by atoms with van der Waals surface area (Å²) in [4.78, 5) is 29.6. The number of morpholine rings is 1. The number of likely N-dealkylation sites (tertiary alicyclic amines) is 1. The lowest BCUT2D eigenvalue weighted by Crippen LogP contribution is -2.51. The highest BCUT2D eigenvalue weighted by Crippen LogP contribution is 2.23. The molecule has 0 aromatic carbocycles. The van der Waals surface area contributed by atoms with Crippen molar-refractivity contribution in [3.05, 3.63) is 22.4 Å². The van der Waals surface area contributed by atoms with Crippen LogP contribution in [-0.4, -0.2) is 60.5 Å². The molecule has 5 nitrogen and oxygen atoms in total. The molecule has 0 spiro atoms. The summed E-state index contributed by atoms with van der Waals surface area (Å²) in [5.74, 6) is 0.171. The van der Waals surface area contributed by atoms with Gasteiger partial charge in [0.05, 0.1) is 23.5 Å². The molecule has 1 aromatic rings. The van der Waals surface area contributed by atoms with Crippen LogP contribution in [0, 0.1) is 5.92 Å². The molecule has 2 saturated heterocycles. The van der Waals surface area contributed by atoms with Crippen molar-refractivity contribution in [1.82, 2.24) is 9.80 Å². The van der Waals surface area contributed by atoms with Crippen LogP contribution in [0.4, 0.5) is 0 Å². The van der Waals surface area contributed by atoms with E-state index in [2.05, 4.69) is 0 Å². The van der Waals surface area contributed by atoms with Gasteiger partial charge in [0.25, 0.3) is 5.91 Å². The minimum absolute atomic E-state index is 0.0582. The second-order valence-corrected chi connectivity index (χ2v) is 6.98. The Morgan fingerprint density at radius 3 is 2.86 bits per heavy atom. The summed E-state index contributed by atoms with van der Waals surface area (Å²) >= 11 is 1.46. The molecule has 2 unspecified atom stereocenters. The molecule has 2 atom stereocenters.